The second-order valence-electron chi connectivity index (χ2n) is 4.31. The minimum absolute atomic E-state index is 0.160. The molecule has 2 N–H and O–H groups in total. The first-order valence-electron chi connectivity index (χ1n) is 6.11. The molecule has 0 heterocycles. The maximum absolute atomic E-state index is 13.9. The van der Waals surface area contributed by atoms with E-state index < -0.39 is 17.8 Å². The molecule has 0 saturated carbocycles. The number of halogens is 2. The number of carbonyl (C=O) groups is 2. The molecule has 2 aromatic carbocycles. The fourth-order valence-electron chi connectivity index (χ4n) is 1.69. The molecule has 2 rings (SSSR count). The second kappa shape index (κ2) is 6.37. The Labute approximate surface area is 125 Å². The summed E-state index contributed by atoms with van der Waals surface area (Å²) in [5.41, 5.74) is 0.448. The lowest BCUT2D eigenvalue weighted by Crippen LogP contribution is -2.34. The Kier molecular flexibility index (Phi) is 4.55. The van der Waals surface area contributed by atoms with Crippen LogP contribution in [0.5, 0.6) is 0 Å². The topological polar surface area (TPSA) is 58.2 Å². The van der Waals surface area contributed by atoms with Crippen molar-refractivity contribution in [1.82, 2.24) is 5.32 Å². The average molecular weight is 307 g/mol. The van der Waals surface area contributed by atoms with E-state index in [0.717, 1.165) is 0 Å². The molecular formula is C15H12ClFN2O2. The van der Waals surface area contributed by atoms with Crippen LogP contribution in [-0.2, 0) is 0 Å². The van der Waals surface area contributed by atoms with Crippen molar-refractivity contribution in [3.8, 4) is 0 Å². The number of urea groups is 1. The van der Waals surface area contributed by atoms with Crippen LogP contribution in [0.25, 0.3) is 0 Å². The number of para-hydroxylation sites is 1. The van der Waals surface area contributed by atoms with Gasteiger partial charge in [0.25, 0.3) is 5.91 Å². The van der Waals surface area contributed by atoms with Gasteiger partial charge in [-0.3, -0.25) is 10.1 Å². The first-order chi connectivity index (χ1) is 9.99. The van der Waals surface area contributed by atoms with Crippen molar-refractivity contribution in [3.63, 3.8) is 0 Å². The summed E-state index contributed by atoms with van der Waals surface area (Å²) in [5, 5.41) is 4.75. The van der Waals surface area contributed by atoms with Gasteiger partial charge >= 0.3 is 6.03 Å². The molecule has 108 valence electrons. The van der Waals surface area contributed by atoms with Gasteiger partial charge in [-0.25, -0.2) is 9.18 Å². The Bertz CT molecular complexity index is 690. The van der Waals surface area contributed by atoms with Crippen molar-refractivity contribution in [2.24, 2.45) is 0 Å². The molecule has 3 amide bonds. The smallest absolute Gasteiger partial charge is 0.308 e. The standard InChI is InChI=1S/C15H12ClFN2O2/c1-9-12(16)8-7-11(13(9)17)14(20)19-15(21)18-10-5-3-2-4-6-10/h2-8H,1H3,(H2,18,19,20,21). The van der Waals surface area contributed by atoms with Crippen LogP contribution in [0.1, 0.15) is 15.9 Å². The van der Waals surface area contributed by atoms with E-state index in [4.69, 9.17) is 11.6 Å². The molecule has 0 radical (unpaired) electrons. The highest BCUT2D eigenvalue weighted by Crippen LogP contribution is 2.21. The van der Waals surface area contributed by atoms with Crippen molar-refractivity contribution in [1.29, 1.82) is 0 Å². The molecule has 0 aliphatic rings. The van der Waals surface area contributed by atoms with E-state index >= 15 is 0 Å². The third kappa shape index (κ3) is 3.58. The zero-order chi connectivity index (χ0) is 15.4. The van der Waals surface area contributed by atoms with Crippen molar-refractivity contribution >= 4 is 29.2 Å². The van der Waals surface area contributed by atoms with Crippen LogP contribution in [0, 0.1) is 12.7 Å². The summed E-state index contributed by atoms with van der Waals surface area (Å²) in [6.45, 7) is 1.46. The zero-order valence-electron chi connectivity index (χ0n) is 11.1. The van der Waals surface area contributed by atoms with E-state index in [1.165, 1.54) is 19.1 Å². The Morgan fingerprint density at radius 3 is 2.43 bits per heavy atom. The quantitative estimate of drug-likeness (QED) is 0.887. The highest BCUT2D eigenvalue weighted by molar-refractivity contribution is 6.31. The maximum Gasteiger partial charge on any atom is 0.326 e. The first kappa shape index (κ1) is 15.0. The lowest BCUT2D eigenvalue weighted by atomic mass is 10.1. The Hall–Kier alpha value is -2.40. The summed E-state index contributed by atoms with van der Waals surface area (Å²) < 4.78 is 13.9. The molecule has 0 spiro atoms. The van der Waals surface area contributed by atoms with Crippen LogP contribution >= 0.6 is 11.6 Å². The summed E-state index contributed by atoms with van der Waals surface area (Å²) in [4.78, 5) is 23.5. The molecule has 6 heteroatoms. The van der Waals surface area contributed by atoms with Gasteiger partial charge in [0.2, 0.25) is 0 Å². The summed E-state index contributed by atoms with van der Waals surface area (Å²) in [6, 6.07) is 10.5. The van der Waals surface area contributed by atoms with Gasteiger partial charge in [0.15, 0.2) is 0 Å². The fraction of sp³-hybridized carbons (Fsp3) is 0.0667. The molecule has 0 aliphatic carbocycles. The van der Waals surface area contributed by atoms with Crippen molar-refractivity contribution in [2.45, 2.75) is 6.92 Å². The van der Waals surface area contributed by atoms with Crippen LogP contribution in [0.3, 0.4) is 0 Å². The lowest BCUT2D eigenvalue weighted by molar-refractivity contribution is 0.0963. The second-order valence-corrected chi connectivity index (χ2v) is 4.72. The molecule has 0 aromatic heterocycles. The van der Waals surface area contributed by atoms with E-state index in [2.05, 4.69) is 10.6 Å². The van der Waals surface area contributed by atoms with Gasteiger partial charge in [0.05, 0.1) is 5.56 Å². The highest BCUT2D eigenvalue weighted by atomic mass is 35.5. The number of carbonyl (C=O) groups excluding carboxylic acids is 2. The van der Waals surface area contributed by atoms with E-state index in [1.54, 1.807) is 30.3 Å². The Morgan fingerprint density at radius 2 is 1.76 bits per heavy atom. The maximum atomic E-state index is 13.9. The Morgan fingerprint density at radius 1 is 1.10 bits per heavy atom. The first-order valence-corrected chi connectivity index (χ1v) is 6.49. The molecule has 0 bridgehead atoms. The fourth-order valence-corrected chi connectivity index (χ4v) is 1.84. The van der Waals surface area contributed by atoms with Gasteiger partial charge in [0, 0.05) is 16.3 Å². The number of nitrogens with one attached hydrogen (secondary N) is 2. The molecule has 0 saturated heterocycles. The van der Waals surface area contributed by atoms with E-state index in [1.807, 2.05) is 0 Å². The van der Waals surface area contributed by atoms with Crippen LogP contribution in [-0.4, -0.2) is 11.9 Å². The molecule has 4 nitrogen and oxygen atoms in total. The largest absolute Gasteiger partial charge is 0.326 e. The van der Waals surface area contributed by atoms with E-state index in [-0.39, 0.29) is 16.1 Å². The molecule has 21 heavy (non-hydrogen) atoms. The highest BCUT2D eigenvalue weighted by Gasteiger charge is 2.17. The monoisotopic (exact) mass is 306 g/mol. The average Bonchev–Trinajstić information content (AvgIpc) is 2.45. The van der Waals surface area contributed by atoms with Crippen molar-refractivity contribution < 1.29 is 14.0 Å². The summed E-state index contributed by atoms with van der Waals surface area (Å²) in [7, 11) is 0. The normalized spacial score (nSPS) is 10.0. The lowest BCUT2D eigenvalue weighted by Gasteiger charge is -2.09. The number of amides is 3. The zero-order valence-corrected chi connectivity index (χ0v) is 11.9. The summed E-state index contributed by atoms with van der Waals surface area (Å²) in [6.07, 6.45) is 0. The Balaban J connectivity index is 2.08. The third-order valence-electron chi connectivity index (χ3n) is 2.82. The van der Waals surface area contributed by atoms with Crippen LogP contribution in [0.15, 0.2) is 42.5 Å². The van der Waals surface area contributed by atoms with E-state index in [0.29, 0.717) is 5.69 Å². The molecule has 0 atom stereocenters. The van der Waals surface area contributed by atoms with Crippen LogP contribution in [0.2, 0.25) is 5.02 Å². The summed E-state index contributed by atoms with van der Waals surface area (Å²) >= 11 is 5.75. The number of hydrogen-bond acceptors (Lipinski definition) is 2. The SMILES string of the molecule is Cc1c(Cl)ccc(C(=O)NC(=O)Nc2ccccc2)c1F. The minimum Gasteiger partial charge on any atom is -0.308 e. The van der Waals surface area contributed by atoms with Gasteiger partial charge in [-0.15, -0.1) is 0 Å². The van der Waals surface area contributed by atoms with Gasteiger partial charge in [-0.1, -0.05) is 29.8 Å². The third-order valence-corrected chi connectivity index (χ3v) is 3.23. The molecular weight excluding hydrogens is 295 g/mol. The number of hydrogen-bond donors (Lipinski definition) is 2. The van der Waals surface area contributed by atoms with Gasteiger partial charge in [0.1, 0.15) is 5.82 Å². The molecule has 0 unspecified atom stereocenters. The number of anilines is 1. The van der Waals surface area contributed by atoms with Gasteiger partial charge in [-0.2, -0.15) is 0 Å². The van der Waals surface area contributed by atoms with Crippen molar-refractivity contribution in [2.75, 3.05) is 5.32 Å². The number of benzene rings is 2. The van der Waals surface area contributed by atoms with Gasteiger partial charge < -0.3 is 5.32 Å². The molecule has 2 aromatic rings. The molecule has 0 aliphatic heterocycles. The summed E-state index contributed by atoms with van der Waals surface area (Å²) in [5.74, 6) is -1.58. The van der Waals surface area contributed by atoms with Crippen LogP contribution in [0.4, 0.5) is 14.9 Å². The predicted octanol–water partition coefficient (Wildman–Crippen LogP) is 3.75. The molecule has 0 fully saturated rings. The predicted molar refractivity (Wildman–Crippen MR) is 79.1 cm³/mol. The van der Waals surface area contributed by atoms with Crippen molar-refractivity contribution in [3.05, 3.63) is 64.4 Å². The number of imide groups is 1. The number of rotatable bonds is 2. The van der Waals surface area contributed by atoms with E-state index in [9.17, 15) is 14.0 Å². The van der Waals surface area contributed by atoms with Gasteiger partial charge in [-0.05, 0) is 31.2 Å². The minimum atomic E-state index is -0.833. The van der Waals surface area contributed by atoms with Crippen LogP contribution < -0.4 is 10.6 Å².